The molecule has 2 aromatic carbocycles. The Morgan fingerprint density at radius 2 is 1.69 bits per heavy atom. The molecule has 3 nitrogen and oxygen atoms in total. The van der Waals surface area contributed by atoms with Gasteiger partial charge >= 0.3 is 0 Å². The number of carbonyl (C=O) groups excluding carboxylic acids is 1. The largest absolute Gasteiger partial charge is 0.355 e. The van der Waals surface area contributed by atoms with E-state index in [2.05, 4.69) is 10.3 Å². The normalized spacial score (nSPS) is 11.7. The molecule has 1 unspecified atom stereocenters. The van der Waals surface area contributed by atoms with Crippen molar-refractivity contribution in [3.8, 4) is 0 Å². The molecular weight excluding hydrogens is 327 g/mol. The zero-order valence-corrected chi connectivity index (χ0v) is 14.4. The molecule has 3 aromatic rings. The van der Waals surface area contributed by atoms with E-state index in [1.165, 1.54) is 6.07 Å². The standard InChI is InChI=1S/C22H21FN2O/c23-21-12-5-4-10-18(21)13-15-25-22(26)20(17-8-2-1-3-9-17)16-19-11-6-7-14-24-19/h1-12,14,20H,13,15-16H2,(H,25,26). The lowest BCUT2D eigenvalue weighted by molar-refractivity contribution is -0.122. The summed E-state index contributed by atoms with van der Waals surface area (Å²) in [6.07, 6.45) is 2.72. The highest BCUT2D eigenvalue weighted by Gasteiger charge is 2.21. The highest BCUT2D eigenvalue weighted by atomic mass is 19.1. The van der Waals surface area contributed by atoms with Crippen LogP contribution in [0.3, 0.4) is 0 Å². The summed E-state index contributed by atoms with van der Waals surface area (Å²) in [7, 11) is 0. The molecular formula is C22H21FN2O. The van der Waals surface area contributed by atoms with Gasteiger partial charge in [-0.3, -0.25) is 9.78 Å². The smallest absolute Gasteiger partial charge is 0.227 e. The summed E-state index contributed by atoms with van der Waals surface area (Å²) in [5, 5.41) is 2.94. The van der Waals surface area contributed by atoms with Crippen molar-refractivity contribution in [3.63, 3.8) is 0 Å². The number of nitrogens with zero attached hydrogens (tertiary/aromatic N) is 1. The van der Waals surface area contributed by atoms with E-state index in [0.717, 1.165) is 11.3 Å². The molecule has 1 N–H and O–H groups in total. The minimum absolute atomic E-state index is 0.0711. The molecule has 1 atom stereocenters. The molecule has 132 valence electrons. The highest BCUT2D eigenvalue weighted by molar-refractivity contribution is 5.83. The Balaban J connectivity index is 1.68. The van der Waals surface area contributed by atoms with Gasteiger partial charge in [-0.15, -0.1) is 0 Å². The maximum absolute atomic E-state index is 13.7. The fourth-order valence-corrected chi connectivity index (χ4v) is 2.92. The second-order valence-corrected chi connectivity index (χ2v) is 6.12. The maximum Gasteiger partial charge on any atom is 0.227 e. The van der Waals surface area contributed by atoms with Crippen molar-refractivity contribution < 1.29 is 9.18 Å². The molecule has 0 bridgehead atoms. The Labute approximate surface area is 152 Å². The van der Waals surface area contributed by atoms with Gasteiger partial charge in [-0.2, -0.15) is 0 Å². The molecule has 0 saturated heterocycles. The number of hydrogen-bond donors (Lipinski definition) is 1. The van der Waals surface area contributed by atoms with Gasteiger partial charge in [0.2, 0.25) is 5.91 Å². The van der Waals surface area contributed by atoms with Crippen LogP contribution >= 0.6 is 0 Å². The number of benzene rings is 2. The van der Waals surface area contributed by atoms with Crippen molar-refractivity contribution >= 4 is 5.91 Å². The van der Waals surface area contributed by atoms with E-state index >= 15 is 0 Å². The van der Waals surface area contributed by atoms with E-state index in [1.807, 2.05) is 48.5 Å². The lowest BCUT2D eigenvalue weighted by atomic mass is 9.93. The van der Waals surface area contributed by atoms with Crippen molar-refractivity contribution in [1.29, 1.82) is 0 Å². The molecule has 0 spiro atoms. The fraction of sp³-hybridized carbons (Fsp3) is 0.182. The second-order valence-electron chi connectivity index (χ2n) is 6.12. The molecule has 0 aliphatic heterocycles. The maximum atomic E-state index is 13.7. The van der Waals surface area contributed by atoms with E-state index < -0.39 is 0 Å². The topological polar surface area (TPSA) is 42.0 Å². The molecule has 0 radical (unpaired) electrons. The van der Waals surface area contributed by atoms with Crippen LogP contribution in [0.5, 0.6) is 0 Å². The van der Waals surface area contributed by atoms with Crippen LogP contribution in [0.1, 0.15) is 22.7 Å². The number of rotatable bonds is 7. The molecule has 0 fully saturated rings. The first-order valence-electron chi connectivity index (χ1n) is 8.70. The van der Waals surface area contributed by atoms with E-state index in [-0.39, 0.29) is 17.6 Å². The van der Waals surface area contributed by atoms with E-state index in [0.29, 0.717) is 24.9 Å². The van der Waals surface area contributed by atoms with Gasteiger partial charge in [0.15, 0.2) is 0 Å². The van der Waals surface area contributed by atoms with E-state index in [4.69, 9.17) is 0 Å². The fourth-order valence-electron chi connectivity index (χ4n) is 2.92. The van der Waals surface area contributed by atoms with Crippen LogP contribution in [0.2, 0.25) is 0 Å². The predicted molar refractivity (Wildman–Crippen MR) is 100 cm³/mol. The minimum atomic E-state index is -0.327. The van der Waals surface area contributed by atoms with Gasteiger partial charge in [-0.1, -0.05) is 54.6 Å². The Kier molecular flexibility index (Phi) is 6.09. The van der Waals surface area contributed by atoms with Crippen LogP contribution in [-0.2, 0) is 17.6 Å². The Morgan fingerprint density at radius 3 is 2.42 bits per heavy atom. The summed E-state index contributed by atoms with van der Waals surface area (Å²) in [5.74, 6) is -0.639. The minimum Gasteiger partial charge on any atom is -0.355 e. The third-order valence-corrected chi connectivity index (χ3v) is 4.31. The zero-order chi connectivity index (χ0) is 18.2. The summed E-state index contributed by atoms with van der Waals surface area (Å²) in [6.45, 7) is 0.394. The number of hydrogen-bond acceptors (Lipinski definition) is 2. The first-order chi connectivity index (χ1) is 12.7. The molecule has 0 saturated carbocycles. The van der Waals surface area contributed by atoms with Crippen LogP contribution in [0.25, 0.3) is 0 Å². The number of carbonyl (C=O) groups is 1. The molecule has 1 heterocycles. The number of amides is 1. The number of pyridine rings is 1. The molecule has 0 aliphatic carbocycles. The van der Waals surface area contributed by atoms with Crippen LogP contribution in [0.15, 0.2) is 79.0 Å². The third-order valence-electron chi connectivity index (χ3n) is 4.31. The molecule has 26 heavy (non-hydrogen) atoms. The van der Waals surface area contributed by atoms with Gasteiger partial charge in [-0.05, 0) is 35.7 Å². The predicted octanol–water partition coefficient (Wildman–Crippen LogP) is 3.91. The molecule has 0 aliphatic rings. The van der Waals surface area contributed by atoms with E-state index in [1.54, 1.807) is 24.4 Å². The zero-order valence-electron chi connectivity index (χ0n) is 14.4. The van der Waals surface area contributed by atoms with E-state index in [9.17, 15) is 9.18 Å². The lowest BCUT2D eigenvalue weighted by Gasteiger charge is -2.17. The van der Waals surface area contributed by atoms with Crippen molar-refractivity contribution in [3.05, 3.63) is 102 Å². The highest BCUT2D eigenvalue weighted by Crippen LogP contribution is 2.20. The second kappa shape index (κ2) is 8.90. The Hall–Kier alpha value is -3.01. The van der Waals surface area contributed by atoms with Crippen LogP contribution < -0.4 is 5.32 Å². The van der Waals surface area contributed by atoms with Crippen molar-refractivity contribution in [2.45, 2.75) is 18.8 Å². The Morgan fingerprint density at radius 1 is 0.962 bits per heavy atom. The summed E-state index contributed by atoms with van der Waals surface area (Å²) in [5.41, 5.74) is 2.42. The van der Waals surface area contributed by atoms with Crippen LogP contribution in [0.4, 0.5) is 4.39 Å². The van der Waals surface area contributed by atoms with Crippen molar-refractivity contribution in [1.82, 2.24) is 10.3 Å². The van der Waals surface area contributed by atoms with Gasteiger partial charge < -0.3 is 5.32 Å². The first-order valence-corrected chi connectivity index (χ1v) is 8.70. The van der Waals surface area contributed by atoms with Gasteiger partial charge in [0.05, 0.1) is 5.92 Å². The van der Waals surface area contributed by atoms with Gasteiger partial charge in [0.1, 0.15) is 5.82 Å². The Bertz CT molecular complexity index is 837. The van der Waals surface area contributed by atoms with Crippen molar-refractivity contribution in [2.24, 2.45) is 0 Å². The number of halogens is 1. The van der Waals surface area contributed by atoms with Gasteiger partial charge in [0, 0.05) is 24.9 Å². The quantitative estimate of drug-likeness (QED) is 0.703. The van der Waals surface area contributed by atoms with Gasteiger partial charge in [-0.25, -0.2) is 4.39 Å². The third kappa shape index (κ3) is 4.76. The molecule has 1 amide bonds. The monoisotopic (exact) mass is 348 g/mol. The van der Waals surface area contributed by atoms with Crippen LogP contribution in [-0.4, -0.2) is 17.4 Å². The van der Waals surface area contributed by atoms with Crippen molar-refractivity contribution in [2.75, 3.05) is 6.54 Å². The summed E-state index contributed by atoms with van der Waals surface area (Å²) in [4.78, 5) is 17.1. The summed E-state index contributed by atoms with van der Waals surface area (Å²) in [6, 6.07) is 22.0. The average Bonchev–Trinajstić information content (AvgIpc) is 2.69. The lowest BCUT2D eigenvalue weighted by Crippen LogP contribution is -2.32. The molecule has 3 rings (SSSR count). The summed E-state index contributed by atoms with van der Waals surface area (Å²) < 4.78 is 13.7. The number of nitrogens with one attached hydrogen (secondary N) is 1. The number of aromatic nitrogens is 1. The van der Waals surface area contributed by atoms with Crippen LogP contribution in [0, 0.1) is 5.82 Å². The molecule has 4 heteroatoms. The first kappa shape index (κ1) is 17.8. The average molecular weight is 348 g/mol. The van der Waals surface area contributed by atoms with Gasteiger partial charge in [0.25, 0.3) is 0 Å². The summed E-state index contributed by atoms with van der Waals surface area (Å²) >= 11 is 0. The SMILES string of the molecule is O=C(NCCc1ccccc1F)C(Cc1ccccn1)c1ccccc1. The molecule has 1 aromatic heterocycles.